The molecule has 2 nitrogen and oxygen atoms in total. The number of aliphatic imine (C=N–C) groups is 1. The molecular weight excluding hydrogens is 577 g/mol. The van der Waals surface area contributed by atoms with Gasteiger partial charge in [-0.05, 0) is 80.3 Å². The Morgan fingerprint density at radius 3 is 2.20 bits per heavy atom. The van der Waals surface area contributed by atoms with Gasteiger partial charge in [0.2, 0.25) is 0 Å². The minimum Gasteiger partial charge on any atom is -0.256 e. The molecule has 0 saturated heterocycles. The third kappa shape index (κ3) is 5.91. The van der Waals surface area contributed by atoms with Gasteiger partial charge in [-0.25, -0.2) is 4.98 Å². The third-order valence-corrected chi connectivity index (χ3v) is 9.76. The lowest BCUT2D eigenvalue weighted by Crippen LogP contribution is -2.11. The molecule has 7 rings (SSSR count). The fourth-order valence-electron chi connectivity index (χ4n) is 6.01. The van der Waals surface area contributed by atoms with Crippen molar-refractivity contribution in [3.8, 4) is 32.8 Å². The summed E-state index contributed by atoms with van der Waals surface area (Å²) >= 11 is 1.75. The number of thiazole rings is 1. The van der Waals surface area contributed by atoms with E-state index >= 15 is 0 Å². The van der Waals surface area contributed by atoms with Crippen LogP contribution in [-0.2, 0) is 5.41 Å². The van der Waals surface area contributed by atoms with Gasteiger partial charge in [0.15, 0.2) is 0 Å². The molecule has 0 N–H and O–H groups in total. The number of aromatic nitrogens is 1. The molecule has 226 valence electrons. The second-order valence-electron chi connectivity index (χ2n) is 13.3. The van der Waals surface area contributed by atoms with Crippen LogP contribution in [0.5, 0.6) is 0 Å². The summed E-state index contributed by atoms with van der Waals surface area (Å²) in [5, 5.41) is 3.39. The topological polar surface area (TPSA) is 25.2 Å². The Balaban J connectivity index is 1.34. The molecule has 0 radical (unpaired) electrons. The Hall–Kier alpha value is -4.86. The number of hydrogen-bond donors (Lipinski definition) is 0. The highest BCUT2D eigenvalue weighted by atomic mass is 32.1. The number of benzene rings is 6. The molecule has 0 amide bonds. The van der Waals surface area contributed by atoms with Crippen molar-refractivity contribution in [3.05, 3.63) is 144 Å². The average molecular weight is 615 g/mol. The lowest BCUT2D eigenvalue weighted by atomic mass is 9.85. The van der Waals surface area contributed by atoms with Gasteiger partial charge in [-0.15, -0.1) is 11.3 Å². The van der Waals surface area contributed by atoms with Gasteiger partial charge in [0.1, 0.15) is 5.01 Å². The molecule has 7 aromatic rings. The summed E-state index contributed by atoms with van der Waals surface area (Å²) in [6, 6.07) is 45.7. The van der Waals surface area contributed by atoms with Crippen molar-refractivity contribution in [1.29, 1.82) is 0 Å². The van der Waals surface area contributed by atoms with Gasteiger partial charge < -0.3 is 0 Å². The van der Waals surface area contributed by atoms with Crippen LogP contribution in [-0.4, -0.2) is 11.2 Å². The van der Waals surface area contributed by atoms with Crippen LogP contribution in [0.2, 0.25) is 0 Å². The van der Waals surface area contributed by atoms with Gasteiger partial charge in [0.05, 0.1) is 15.9 Å². The minimum absolute atomic E-state index is 0.00302. The van der Waals surface area contributed by atoms with Crippen LogP contribution in [0, 0.1) is 0 Å². The van der Waals surface area contributed by atoms with Gasteiger partial charge in [-0.3, -0.25) is 4.99 Å². The summed E-state index contributed by atoms with van der Waals surface area (Å²) in [6.07, 6.45) is 1.98. The Morgan fingerprint density at radius 1 is 0.674 bits per heavy atom. The first-order valence-corrected chi connectivity index (χ1v) is 16.8. The largest absolute Gasteiger partial charge is 0.256 e. The van der Waals surface area contributed by atoms with Gasteiger partial charge in [0, 0.05) is 22.9 Å². The van der Waals surface area contributed by atoms with E-state index in [4.69, 9.17) is 9.98 Å². The van der Waals surface area contributed by atoms with Crippen LogP contribution >= 0.6 is 11.3 Å². The summed E-state index contributed by atoms with van der Waals surface area (Å²) in [5.74, 6) is 0.485. The van der Waals surface area contributed by atoms with E-state index < -0.39 is 0 Å². The zero-order valence-corrected chi connectivity index (χ0v) is 27.9. The summed E-state index contributed by atoms with van der Waals surface area (Å²) in [6.45, 7) is 11.3. The fraction of sp³-hybridized carbons (Fsp3) is 0.163. The molecule has 0 fully saturated rings. The van der Waals surface area contributed by atoms with Gasteiger partial charge in [-0.1, -0.05) is 132 Å². The fourth-order valence-corrected chi connectivity index (χ4v) is 7.08. The van der Waals surface area contributed by atoms with E-state index in [0.29, 0.717) is 5.92 Å². The van der Waals surface area contributed by atoms with Crippen molar-refractivity contribution < 1.29 is 0 Å². The molecule has 0 bridgehead atoms. The first kappa shape index (κ1) is 29.8. The Labute approximate surface area is 276 Å². The predicted molar refractivity (Wildman–Crippen MR) is 200 cm³/mol. The Kier molecular flexibility index (Phi) is 7.88. The molecule has 0 aliphatic carbocycles. The molecule has 0 saturated carbocycles. The summed E-state index contributed by atoms with van der Waals surface area (Å²) in [5.41, 5.74) is 11.6. The molecule has 6 aromatic carbocycles. The monoisotopic (exact) mass is 614 g/mol. The predicted octanol–water partition coefficient (Wildman–Crippen LogP) is 12.6. The molecule has 0 atom stereocenters. The second-order valence-corrected chi connectivity index (χ2v) is 14.4. The molecular formula is C43H38N2S. The minimum atomic E-state index is -0.00302. The smallest absolute Gasteiger partial charge is 0.126 e. The van der Waals surface area contributed by atoms with Crippen LogP contribution in [0.25, 0.3) is 53.8 Å². The van der Waals surface area contributed by atoms with Crippen LogP contribution in [0.15, 0.2) is 132 Å². The zero-order chi connectivity index (χ0) is 31.8. The highest BCUT2D eigenvalue weighted by Crippen LogP contribution is 2.42. The lowest BCUT2D eigenvalue weighted by molar-refractivity contribution is 0.591. The molecule has 0 aliphatic rings. The highest BCUT2D eigenvalue weighted by Gasteiger charge is 2.20. The highest BCUT2D eigenvalue weighted by molar-refractivity contribution is 7.21. The summed E-state index contributed by atoms with van der Waals surface area (Å²) in [7, 11) is 0. The van der Waals surface area contributed by atoms with Crippen LogP contribution in [0.1, 0.15) is 57.2 Å². The number of hydrogen-bond acceptors (Lipinski definition) is 3. The Bertz CT molecular complexity index is 2220. The molecule has 1 heterocycles. The van der Waals surface area contributed by atoms with Crippen molar-refractivity contribution in [1.82, 2.24) is 4.98 Å². The van der Waals surface area contributed by atoms with Crippen molar-refractivity contribution in [2.45, 2.75) is 46.0 Å². The number of fused-ring (bicyclic) bond motifs is 2. The quantitative estimate of drug-likeness (QED) is 0.171. The molecule has 46 heavy (non-hydrogen) atoms. The van der Waals surface area contributed by atoms with Crippen molar-refractivity contribution in [2.24, 2.45) is 4.99 Å². The summed E-state index contributed by atoms with van der Waals surface area (Å²) < 4.78 is 1.19. The molecule has 3 heteroatoms. The van der Waals surface area contributed by atoms with E-state index in [9.17, 15) is 0 Å². The maximum atomic E-state index is 5.33. The molecule has 0 aliphatic heterocycles. The van der Waals surface area contributed by atoms with Gasteiger partial charge >= 0.3 is 0 Å². The van der Waals surface area contributed by atoms with E-state index in [1.165, 1.54) is 48.9 Å². The van der Waals surface area contributed by atoms with Crippen LogP contribution in [0.4, 0.5) is 5.69 Å². The van der Waals surface area contributed by atoms with E-state index in [1.807, 2.05) is 6.21 Å². The first-order chi connectivity index (χ1) is 22.2. The van der Waals surface area contributed by atoms with Gasteiger partial charge in [0.25, 0.3) is 0 Å². The normalized spacial score (nSPS) is 12.1. The molecule has 1 aromatic heterocycles. The van der Waals surface area contributed by atoms with E-state index in [2.05, 4.69) is 162 Å². The van der Waals surface area contributed by atoms with Crippen molar-refractivity contribution in [3.63, 3.8) is 0 Å². The maximum Gasteiger partial charge on any atom is 0.126 e. The number of rotatable bonds is 6. The Morgan fingerprint density at radius 2 is 1.37 bits per heavy atom. The SMILES string of the molecule is CC(C)c1cccc(-c2cccc(-c3cc(C(C)(C)C)cc4sc(-c5ccccc5N=Cc5cccc6ccccc56)nc34)c2)c1. The van der Waals surface area contributed by atoms with Gasteiger partial charge in [-0.2, -0.15) is 0 Å². The van der Waals surface area contributed by atoms with Crippen LogP contribution in [0.3, 0.4) is 0 Å². The number of para-hydroxylation sites is 1. The first-order valence-electron chi connectivity index (χ1n) is 16.0. The van der Waals surface area contributed by atoms with Crippen LogP contribution < -0.4 is 0 Å². The average Bonchev–Trinajstić information content (AvgIpc) is 3.51. The maximum absolute atomic E-state index is 5.33. The second kappa shape index (κ2) is 12.2. The number of nitrogens with zero attached hydrogens (tertiary/aromatic N) is 2. The van der Waals surface area contributed by atoms with E-state index in [-0.39, 0.29) is 5.41 Å². The zero-order valence-electron chi connectivity index (χ0n) is 27.1. The van der Waals surface area contributed by atoms with Crippen molar-refractivity contribution in [2.75, 3.05) is 0 Å². The third-order valence-electron chi connectivity index (χ3n) is 8.72. The van der Waals surface area contributed by atoms with E-state index in [0.717, 1.165) is 27.3 Å². The lowest BCUT2D eigenvalue weighted by Gasteiger charge is -2.20. The standard InChI is InChI=1S/C43H38N2S/c1-28(2)30-15-11-16-31(23-30)32-17-12-18-33(24-32)38-25-35(43(3,4)5)26-40-41(38)45-42(46-40)37-21-8-9-22-39(37)44-27-34-19-10-14-29-13-6-7-20-36(29)34/h6-28H,1-5H3. The van der Waals surface area contributed by atoms with Crippen molar-refractivity contribution >= 4 is 44.2 Å². The van der Waals surface area contributed by atoms with E-state index in [1.54, 1.807) is 11.3 Å². The molecule has 0 unspecified atom stereocenters. The summed E-state index contributed by atoms with van der Waals surface area (Å²) in [4.78, 5) is 10.3. The molecule has 0 spiro atoms.